The van der Waals surface area contributed by atoms with Crippen LogP contribution in [0.1, 0.15) is 42.0 Å². The normalized spacial score (nSPS) is 16.6. The summed E-state index contributed by atoms with van der Waals surface area (Å²) >= 11 is 0. The fourth-order valence-corrected chi connectivity index (χ4v) is 3.59. The molecule has 3 N–H and O–H groups in total. The van der Waals surface area contributed by atoms with Crippen LogP contribution in [0.15, 0.2) is 12.1 Å². The number of ketones is 1. The van der Waals surface area contributed by atoms with Gasteiger partial charge in [0.05, 0.1) is 33.5 Å². The molecule has 0 fully saturated rings. The van der Waals surface area contributed by atoms with Crippen LogP contribution in [0, 0.1) is 18.2 Å². The molecule has 4 rings (SSSR count). The SMILES string of the molecule is Cc1nn(-c2cc(F)c3c(N)n[nH]c3c2)c2c1C(=O)CC(C)(C)C2. The van der Waals surface area contributed by atoms with Gasteiger partial charge in [-0.3, -0.25) is 9.89 Å². The van der Waals surface area contributed by atoms with Gasteiger partial charge in [0.15, 0.2) is 11.6 Å². The van der Waals surface area contributed by atoms with Crippen molar-refractivity contribution in [3.8, 4) is 5.69 Å². The number of nitrogens with one attached hydrogen (secondary N) is 1. The topological polar surface area (TPSA) is 89.6 Å². The number of nitrogen functional groups attached to an aromatic ring is 1. The molecular formula is C17H18FN5O. The van der Waals surface area contributed by atoms with Crippen LogP contribution in [-0.4, -0.2) is 25.8 Å². The lowest BCUT2D eigenvalue weighted by Gasteiger charge is -2.29. The molecule has 7 heteroatoms. The number of hydrogen-bond donors (Lipinski definition) is 2. The van der Waals surface area contributed by atoms with Gasteiger partial charge in [0.25, 0.3) is 0 Å². The molecule has 124 valence electrons. The van der Waals surface area contributed by atoms with Crippen LogP contribution in [0.5, 0.6) is 0 Å². The third kappa shape index (κ3) is 2.04. The van der Waals surface area contributed by atoms with E-state index < -0.39 is 5.82 Å². The van der Waals surface area contributed by atoms with Crippen molar-refractivity contribution in [2.45, 2.75) is 33.6 Å². The summed E-state index contributed by atoms with van der Waals surface area (Å²) in [6.45, 7) is 5.92. The summed E-state index contributed by atoms with van der Waals surface area (Å²) in [7, 11) is 0. The Hall–Kier alpha value is -2.70. The zero-order valence-corrected chi connectivity index (χ0v) is 13.8. The first-order chi connectivity index (χ1) is 11.3. The number of anilines is 1. The molecule has 6 nitrogen and oxygen atoms in total. The first-order valence-corrected chi connectivity index (χ1v) is 7.82. The molecule has 0 atom stereocenters. The Morgan fingerprint density at radius 1 is 1.33 bits per heavy atom. The van der Waals surface area contributed by atoms with Crippen LogP contribution < -0.4 is 5.73 Å². The minimum atomic E-state index is -0.461. The molecule has 0 saturated carbocycles. The van der Waals surface area contributed by atoms with E-state index in [2.05, 4.69) is 29.1 Å². The van der Waals surface area contributed by atoms with Gasteiger partial charge < -0.3 is 5.73 Å². The first kappa shape index (κ1) is 14.9. The zero-order valence-electron chi connectivity index (χ0n) is 13.8. The Bertz CT molecular complexity index is 998. The predicted octanol–water partition coefficient (Wildman–Crippen LogP) is 2.93. The summed E-state index contributed by atoms with van der Waals surface area (Å²) < 4.78 is 16.1. The highest BCUT2D eigenvalue weighted by Gasteiger charge is 2.35. The average Bonchev–Trinajstić information content (AvgIpc) is 2.99. The Labute approximate surface area is 137 Å². The Kier molecular flexibility index (Phi) is 2.88. The quantitative estimate of drug-likeness (QED) is 0.719. The van der Waals surface area contributed by atoms with E-state index in [1.807, 2.05) is 6.92 Å². The molecule has 0 spiro atoms. The molecule has 1 aliphatic rings. The van der Waals surface area contributed by atoms with E-state index in [0.717, 1.165) is 5.69 Å². The Morgan fingerprint density at radius 3 is 2.83 bits per heavy atom. The van der Waals surface area contributed by atoms with E-state index in [-0.39, 0.29) is 22.4 Å². The number of aryl methyl sites for hydroxylation is 1. The molecule has 0 unspecified atom stereocenters. The van der Waals surface area contributed by atoms with E-state index in [9.17, 15) is 9.18 Å². The number of carbonyl (C=O) groups is 1. The second-order valence-electron chi connectivity index (χ2n) is 7.22. The molecule has 0 radical (unpaired) electrons. The van der Waals surface area contributed by atoms with Crippen molar-refractivity contribution in [3.05, 3.63) is 34.9 Å². The maximum atomic E-state index is 14.4. The summed E-state index contributed by atoms with van der Waals surface area (Å²) in [6.07, 6.45) is 1.21. The number of nitrogens with zero attached hydrogens (tertiary/aromatic N) is 3. The lowest BCUT2D eigenvalue weighted by molar-refractivity contribution is 0.0910. The highest BCUT2D eigenvalue weighted by Crippen LogP contribution is 2.37. The van der Waals surface area contributed by atoms with Crippen molar-refractivity contribution in [2.75, 3.05) is 5.73 Å². The number of carbonyl (C=O) groups excluding carboxylic acids is 1. The Morgan fingerprint density at radius 2 is 2.08 bits per heavy atom. The molecule has 2 heterocycles. The summed E-state index contributed by atoms with van der Waals surface area (Å²) in [4.78, 5) is 12.5. The number of fused-ring (bicyclic) bond motifs is 2. The molecule has 1 aliphatic carbocycles. The zero-order chi connectivity index (χ0) is 17.2. The van der Waals surface area contributed by atoms with Crippen LogP contribution in [0.25, 0.3) is 16.6 Å². The molecule has 3 aromatic rings. The molecule has 0 aliphatic heterocycles. The summed E-state index contributed by atoms with van der Waals surface area (Å²) in [5.41, 5.74) is 8.78. The van der Waals surface area contributed by atoms with Crippen LogP contribution in [-0.2, 0) is 6.42 Å². The van der Waals surface area contributed by atoms with Gasteiger partial charge in [-0.05, 0) is 24.8 Å². The van der Waals surface area contributed by atoms with Gasteiger partial charge in [0.2, 0.25) is 0 Å². The van der Waals surface area contributed by atoms with E-state index in [4.69, 9.17) is 5.73 Å². The van der Waals surface area contributed by atoms with E-state index in [0.29, 0.717) is 35.3 Å². The van der Waals surface area contributed by atoms with Gasteiger partial charge in [-0.15, -0.1) is 0 Å². The van der Waals surface area contributed by atoms with Gasteiger partial charge in [0.1, 0.15) is 5.82 Å². The number of benzene rings is 1. The largest absolute Gasteiger partial charge is 0.382 e. The maximum Gasteiger partial charge on any atom is 0.167 e. The number of hydrogen-bond acceptors (Lipinski definition) is 4. The standard InChI is InChI=1S/C17H18FN5O/c1-8-14-12(6-17(2,3)7-13(14)24)23(22-8)9-4-10(18)15-11(5-9)20-21-16(15)19/h4-5H,6-7H2,1-3H3,(H3,19,20,21). The van der Waals surface area contributed by atoms with Crippen molar-refractivity contribution in [1.29, 1.82) is 0 Å². The van der Waals surface area contributed by atoms with Gasteiger partial charge in [-0.25, -0.2) is 9.07 Å². The first-order valence-electron chi connectivity index (χ1n) is 7.82. The molecule has 1 aromatic carbocycles. The van der Waals surface area contributed by atoms with Crippen LogP contribution >= 0.6 is 0 Å². The number of H-pyrrole nitrogens is 1. The molecular weight excluding hydrogens is 309 g/mol. The highest BCUT2D eigenvalue weighted by molar-refractivity contribution is 6.00. The van der Waals surface area contributed by atoms with E-state index >= 15 is 0 Å². The fraction of sp³-hybridized carbons (Fsp3) is 0.353. The smallest absolute Gasteiger partial charge is 0.167 e. The minimum absolute atomic E-state index is 0.0948. The number of Topliss-reactive ketones (excluding diaryl/α,β-unsaturated/α-hetero) is 1. The van der Waals surface area contributed by atoms with Gasteiger partial charge in [0, 0.05) is 12.5 Å². The second kappa shape index (κ2) is 4.66. The van der Waals surface area contributed by atoms with Crippen molar-refractivity contribution in [2.24, 2.45) is 5.41 Å². The summed E-state index contributed by atoms with van der Waals surface area (Å²) in [5.74, 6) is -0.238. The van der Waals surface area contributed by atoms with Gasteiger partial charge in [-0.1, -0.05) is 13.8 Å². The predicted molar refractivity (Wildman–Crippen MR) is 88.8 cm³/mol. The lowest BCUT2D eigenvalue weighted by Crippen LogP contribution is -2.28. The number of rotatable bonds is 1. The van der Waals surface area contributed by atoms with Crippen LogP contribution in [0.4, 0.5) is 10.2 Å². The van der Waals surface area contributed by atoms with Gasteiger partial charge in [-0.2, -0.15) is 10.2 Å². The number of aromatic nitrogens is 4. The summed E-state index contributed by atoms with van der Waals surface area (Å²) in [5, 5.41) is 11.3. The van der Waals surface area contributed by atoms with Crippen LogP contribution in [0.2, 0.25) is 0 Å². The molecule has 2 aromatic heterocycles. The lowest BCUT2D eigenvalue weighted by atomic mass is 9.75. The second-order valence-corrected chi connectivity index (χ2v) is 7.22. The third-order valence-corrected chi connectivity index (χ3v) is 4.59. The third-order valence-electron chi connectivity index (χ3n) is 4.59. The summed E-state index contributed by atoms with van der Waals surface area (Å²) in [6, 6.07) is 3.13. The Balaban J connectivity index is 1.96. The van der Waals surface area contributed by atoms with Crippen LogP contribution in [0.3, 0.4) is 0 Å². The number of nitrogens with two attached hydrogens (primary N) is 1. The van der Waals surface area contributed by atoms with Gasteiger partial charge >= 0.3 is 0 Å². The molecule has 0 bridgehead atoms. The fourth-order valence-electron chi connectivity index (χ4n) is 3.59. The minimum Gasteiger partial charge on any atom is -0.382 e. The maximum absolute atomic E-state index is 14.4. The molecule has 0 saturated heterocycles. The highest BCUT2D eigenvalue weighted by atomic mass is 19.1. The average molecular weight is 327 g/mol. The van der Waals surface area contributed by atoms with E-state index in [1.165, 1.54) is 6.07 Å². The number of aromatic amines is 1. The van der Waals surface area contributed by atoms with Crippen molar-refractivity contribution < 1.29 is 9.18 Å². The van der Waals surface area contributed by atoms with Crippen molar-refractivity contribution in [3.63, 3.8) is 0 Å². The molecule has 0 amide bonds. The monoisotopic (exact) mass is 327 g/mol. The van der Waals surface area contributed by atoms with E-state index in [1.54, 1.807) is 10.7 Å². The van der Waals surface area contributed by atoms with Crippen molar-refractivity contribution in [1.82, 2.24) is 20.0 Å². The molecule has 24 heavy (non-hydrogen) atoms. The van der Waals surface area contributed by atoms with Crippen molar-refractivity contribution >= 4 is 22.5 Å². The number of halogens is 1.